The Kier molecular flexibility index (Phi) is 8.34. The van der Waals surface area contributed by atoms with E-state index in [4.69, 9.17) is 4.99 Å². The Labute approximate surface area is 177 Å². The number of piperazine rings is 1. The second-order valence-corrected chi connectivity index (χ2v) is 7.65. The molecular formula is C17H31IN6OS. The van der Waals surface area contributed by atoms with Crippen molar-refractivity contribution in [3.8, 4) is 0 Å². The number of rotatable bonds is 5. The summed E-state index contributed by atoms with van der Waals surface area (Å²) in [5.74, 6) is 1.86. The second kappa shape index (κ2) is 10.0. The Morgan fingerprint density at radius 3 is 2.50 bits per heavy atom. The molecule has 26 heavy (non-hydrogen) atoms. The molecule has 1 saturated carbocycles. The van der Waals surface area contributed by atoms with E-state index in [0.29, 0.717) is 6.54 Å². The summed E-state index contributed by atoms with van der Waals surface area (Å²) in [5, 5.41) is 15.0. The van der Waals surface area contributed by atoms with Crippen molar-refractivity contribution < 1.29 is 5.11 Å². The normalized spacial score (nSPS) is 20.2. The zero-order valence-electron chi connectivity index (χ0n) is 15.8. The van der Waals surface area contributed by atoms with Crippen molar-refractivity contribution in [2.45, 2.75) is 51.6 Å². The zero-order valence-corrected chi connectivity index (χ0v) is 18.9. The fourth-order valence-electron chi connectivity index (χ4n) is 3.47. The lowest BCUT2D eigenvalue weighted by molar-refractivity contribution is 0.0571. The van der Waals surface area contributed by atoms with Gasteiger partial charge >= 0.3 is 0 Å². The highest BCUT2D eigenvalue weighted by molar-refractivity contribution is 14.0. The summed E-state index contributed by atoms with van der Waals surface area (Å²) in [6.07, 6.45) is 4.86. The number of hydrogen-bond donors (Lipinski definition) is 2. The molecule has 1 aromatic heterocycles. The van der Waals surface area contributed by atoms with Crippen LogP contribution in [-0.4, -0.2) is 70.2 Å². The zero-order chi connectivity index (χ0) is 17.7. The molecule has 2 heterocycles. The van der Waals surface area contributed by atoms with Gasteiger partial charge in [-0.15, -0.1) is 24.0 Å². The molecule has 1 aromatic rings. The number of aromatic nitrogens is 2. The van der Waals surface area contributed by atoms with E-state index in [1.54, 1.807) is 0 Å². The quantitative estimate of drug-likeness (QED) is 0.371. The Balaban J connectivity index is 0.00000243. The van der Waals surface area contributed by atoms with E-state index >= 15 is 0 Å². The van der Waals surface area contributed by atoms with E-state index < -0.39 is 5.60 Å². The summed E-state index contributed by atoms with van der Waals surface area (Å²) in [6.45, 7) is 9.18. The van der Waals surface area contributed by atoms with E-state index in [2.05, 4.69) is 38.3 Å². The van der Waals surface area contributed by atoms with E-state index in [1.165, 1.54) is 11.5 Å². The smallest absolute Gasteiger partial charge is 0.205 e. The van der Waals surface area contributed by atoms with Crippen LogP contribution in [0.3, 0.4) is 0 Å². The SMILES string of the molecule is CCNC(=NCC1(O)CCCC1)N1CCN(c2nc(CC)ns2)CC1.I. The minimum Gasteiger partial charge on any atom is -0.388 e. The van der Waals surface area contributed by atoms with Crippen LogP contribution in [0.25, 0.3) is 0 Å². The number of nitrogens with zero attached hydrogens (tertiary/aromatic N) is 5. The molecule has 1 aliphatic carbocycles. The van der Waals surface area contributed by atoms with Crippen LogP contribution in [-0.2, 0) is 6.42 Å². The van der Waals surface area contributed by atoms with Gasteiger partial charge in [0.2, 0.25) is 5.13 Å². The minimum absolute atomic E-state index is 0. The second-order valence-electron chi connectivity index (χ2n) is 6.92. The van der Waals surface area contributed by atoms with Crippen LogP contribution in [0.4, 0.5) is 5.13 Å². The Hall–Kier alpha value is -0.680. The molecule has 2 N–H and O–H groups in total. The van der Waals surface area contributed by atoms with Crippen LogP contribution in [0.15, 0.2) is 4.99 Å². The van der Waals surface area contributed by atoms with Crippen molar-refractivity contribution in [2.24, 2.45) is 4.99 Å². The minimum atomic E-state index is -0.592. The first-order chi connectivity index (χ1) is 12.1. The maximum Gasteiger partial charge on any atom is 0.205 e. The molecule has 1 aliphatic heterocycles. The number of aliphatic hydroxyl groups is 1. The van der Waals surface area contributed by atoms with Crippen LogP contribution < -0.4 is 10.2 Å². The third-order valence-corrected chi connectivity index (χ3v) is 5.83. The molecule has 148 valence electrons. The van der Waals surface area contributed by atoms with Gasteiger partial charge in [0.25, 0.3) is 0 Å². The van der Waals surface area contributed by atoms with Gasteiger partial charge in [-0.3, -0.25) is 4.99 Å². The lowest BCUT2D eigenvalue weighted by Gasteiger charge is -2.36. The predicted molar refractivity (Wildman–Crippen MR) is 118 cm³/mol. The van der Waals surface area contributed by atoms with Gasteiger partial charge in [0.05, 0.1) is 12.1 Å². The third kappa shape index (κ3) is 5.41. The van der Waals surface area contributed by atoms with Crippen LogP contribution in [0.1, 0.15) is 45.4 Å². The molecule has 9 heteroatoms. The van der Waals surface area contributed by atoms with Crippen molar-refractivity contribution in [1.29, 1.82) is 0 Å². The lowest BCUT2D eigenvalue weighted by atomic mass is 10.0. The maximum atomic E-state index is 10.5. The first-order valence-electron chi connectivity index (χ1n) is 9.47. The van der Waals surface area contributed by atoms with E-state index in [9.17, 15) is 5.11 Å². The monoisotopic (exact) mass is 494 g/mol. The molecule has 2 aliphatic rings. The summed E-state index contributed by atoms with van der Waals surface area (Å²) in [4.78, 5) is 13.9. The summed E-state index contributed by atoms with van der Waals surface area (Å²) in [5.41, 5.74) is -0.592. The van der Waals surface area contributed by atoms with Crippen LogP contribution in [0, 0.1) is 0 Å². The van der Waals surface area contributed by atoms with E-state index in [0.717, 1.165) is 81.7 Å². The highest BCUT2D eigenvalue weighted by Gasteiger charge is 2.31. The number of nitrogens with one attached hydrogen (secondary N) is 1. The highest BCUT2D eigenvalue weighted by Crippen LogP contribution is 2.29. The van der Waals surface area contributed by atoms with Crippen molar-refractivity contribution in [3.63, 3.8) is 0 Å². The van der Waals surface area contributed by atoms with E-state index in [-0.39, 0.29) is 24.0 Å². The molecule has 0 bridgehead atoms. The molecule has 7 nitrogen and oxygen atoms in total. The van der Waals surface area contributed by atoms with Gasteiger partial charge in [-0.25, -0.2) is 4.98 Å². The fraction of sp³-hybridized carbons (Fsp3) is 0.824. The van der Waals surface area contributed by atoms with Crippen LogP contribution in [0.2, 0.25) is 0 Å². The van der Waals surface area contributed by atoms with Gasteiger partial charge in [0.15, 0.2) is 5.96 Å². The molecular weight excluding hydrogens is 463 g/mol. The molecule has 3 rings (SSSR count). The summed E-state index contributed by atoms with van der Waals surface area (Å²) in [6, 6.07) is 0. The van der Waals surface area contributed by atoms with Crippen LogP contribution in [0.5, 0.6) is 0 Å². The molecule has 0 aromatic carbocycles. The van der Waals surface area contributed by atoms with Gasteiger partial charge in [-0.1, -0.05) is 19.8 Å². The first kappa shape index (κ1) is 21.6. The molecule has 1 saturated heterocycles. The number of guanidine groups is 1. The van der Waals surface area contributed by atoms with Gasteiger partial charge in [-0.05, 0) is 19.8 Å². The molecule has 0 spiro atoms. The molecule has 2 fully saturated rings. The van der Waals surface area contributed by atoms with E-state index in [1.807, 2.05) is 0 Å². The van der Waals surface area contributed by atoms with Gasteiger partial charge in [-0.2, -0.15) is 4.37 Å². The molecule has 0 amide bonds. The number of anilines is 1. The van der Waals surface area contributed by atoms with Crippen molar-refractivity contribution in [1.82, 2.24) is 19.6 Å². The Morgan fingerprint density at radius 2 is 1.92 bits per heavy atom. The first-order valence-corrected chi connectivity index (χ1v) is 10.2. The fourth-order valence-corrected chi connectivity index (χ4v) is 4.27. The standard InChI is InChI=1S/C17H30N6OS.HI/c1-3-14-20-16(25-21-14)23-11-9-22(10-12-23)15(18-4-2)19-13-17(24)7-5-6-8-17;/h24H,3-13H2,1-2H3,(H,18,19);1H. The van der Waals surface area contributed by atoms with Gasteiger partial charge in [0.1, 0.15) is 5.82 Å². The van der Waals surface area contributed by atoms with Gasteiger partial charge in [0, 0.05) is 50.7 Å². The Morgan fingerprint density at radius 1 is 1.23 bits per heavy atom. The molecule has 0 radical (unpaired) electrons. The molecule has 0 unspecified atom stereocenters. The maximum absolute atomic E-state index is 10.5. The highest BCUT2D eigenvalue weighted by atomic mass is 127. The van der Waals surface area contributed by atoms with Crippen molar-refractivity contribution >= 4 is 46.6 Å². The average Bonchev–Trinajstić information content (AvgIpc) is 3.28. The van der Waals surface area contributed by atoms with Crippen molar-refractivity contribution in [3.05, 3.63) is 5.82 Å². The number of hydrogen-bond acceptors (Lipinski definition) is 6. The topological polar surface area (TPSA) is 76.9 Å². The third-order valence-electron chi connectivity index (χ3n) is 5.02. The number of aliphatic imine (C=N–C) groups is 1. The lowest BCUT2D eigenvalue weighted by Crippen LogP contribution is -2.53. The largest absolute Gasteiger partial charge is 0.388 e. The van der Waals surface area contributed by atoms with Gasteiger partial charge < -0.3 is 20.2 Å². The average molecular weight is 494 g/mol. The predicted octanol–water partition coefficient (Wildman–Crippen LogP) is 2.11. The number of aryl methyl sites for hydroxylation is 1. The summed E-state index contributed by atoms with van der Waals surface area (Å²) in [7, 11) is 0. The Bertz CT molecular complexity index is 582. The summed E-state index contributed by atoms with van der Waals surface area (Å²) < 4.78 is 4.39. The number of halogens is 1. The molecule has 0 atom stereocenters. The summed E-state index contributed by atoms with van der Waals surface area (Å²) >= 11 is 1.49. The van der Waals surface area contributed by atoms with Crippen molar-refractivity contribution in [2.75, 3.05) is 44.2 Å². The van der Waals surface area contributed by atoms with Crippen LogP contribution >= 0.6 is 35.5 Å².